The average molecular weight is 425 g/mol. The monoisotopic (exact) mass is 425 g/mol. The maximum absolute atomic E-state index is 12.8. The molecule has 1 heterocycles. The van der Waals surface area contributed by atoms with Crippen LogP contribution in [0.25, 0.3) is 11.1 Å². The van der Waals surface area contributed by atoms with Gasteiger partial charge in [-0.1, -0.05) is 48.5 Å². The zero-order valence-corrected chi connectivity index (χ0v) is 16.4. The van der Waals surface area contributed by atoms with Crippen LogP contribution in [0.4, 0.5) is 23.7 Å². The highest BCUT2D eigenvalue weighted by Gasteiger charge is 2.32. The third-order valence-corrected chi connectivity index (χ3v) is 5.11. The number of amides is 2. The maximum atomic E-state index is 12.8. The van der Waals surface area contributed by atoms with E-state index in [1.807, 2.05) is 30.3 Å². The summed E-state index contributed by atoms with van der Waals surface area (Å²) < 4.78 is 43.7. The van der Waals surface area contributed by atoms with Crippen molar-refractivity contribution in [1.82, 2.24) is 0 Å². The maximum Gasteiger partial charge on any atom is 0.421 e. The number of halogens is 3. The van der Waals surface area contributed by atoms with E-state index in [0.29, 0.717) is 23.2 Å². The fourth-order valence-electron chi connectivity index (χ4n) is 3.51. The second-order valence-corrected chi connectivity index (χ2v) is 7.19. The topological polar surface area (TPSA) is 46.6 Å². The number of hydrogen-bond donors (Lipinski definition) is 0. The minimum absolute atomic E-state index is 0.0441. The lowest BCUT2D eigenvalue weighted by Gasteiger charge is -2.27. The number of hydrogen-bond acceptors (Lipinski definition) is 3. The molecule has 31 heavy (non-hydrogen) atoms. The summed E-state index contributed by atoms with van der Waals surface area (Å²) in [7, 11) is 0. The normalized spacial score (nSPS) is 13.6. The van der Waals surface area contributed by atoms with Crippen LogP contribution in [0.5, 0.6) is 0 Å². The summed E-state index contributed by atoms with van der Waals surface area (Å²) in [5.41, 5.74) is 2.61. The fraction of sp³-hybridized carbons (Fsp3) is 0.167. The number of alkyl halides is 3. The van der Waals surface area contributed by atoms with Crippen LogP contribution in [-0.4, -0.2) is 12.0 Å². The van der Waals surface area contributed by atoms with Gasteiger partial charge in [-0.25, -0.2) is 9.69 Å². The first-order valence-electron chi connectivity index (χ1n) is 9.67. The van der Waals surface area contributed by atoms with Gasteiger partial charge < -0.3 is 4.74 Å². The number of nitrogens with zero attached hydrogens (tertiary/aromatic N) is 1. The number of benzene rings is 3. The number of imide groups is 1. The van der Waals surface area contributed by atoms with Gasteiger partial charge in [0.1, 0.15) is 6.61 Å². The molecule has 2 amide bonds. The first-order chi connectivity index (χ1) is 14.8. The number of aryl methyl sites for hydroxylation is 1. The molecule has 3 aromatic carbocycles. The first-order valence-corrected chi connectivity index (χ1v) is 9.67. The molecule has 0 fully saturated rings. The summed E-state index contributed by atoms with van der Waals surface area (Å²) >= 11 is 0. The van der Waals surface area contributed by atoms with Gasteiger partial charge in [-0.3, -0.25) is 4.79 Å². The molecule has 0 saturated carbocycles. The third kappa shape index (κ3) is 4.45. The Kier molecular flexibility index (Phi) is 5.50. The highest BCUT2D eigenvalue weighted by molar-refractivity contribution is 6.14. The van der Waals surface area contributed by atoms with E-state index < -0.39 is 17.8 Å². The van der Waals surface area contributed by atoms with Crippen LogP contribution in [0.2, 0.25) is 0 Å². The summed E-state index contributed by atoms with van der Waals surface area (Å²) in [5, 5.41) is 0. The number of rotatable bonds is 3. The Balaban J connectivity index is 1.56. The van der Waals surface area contributed by atoms with Crippen LogP contribution in [0.3, 0.4) is 0 Å². The van der Waals surface area contributed by atoms with Gasteiger partial charge in [0.25, 0.3) is 0 Å². The molecule has 0 N–H and O–H groups in total. The van der Waals surface area contributed by atoms with Crippen molar-refractivity contribution < 1.29 is 27.5 Å². The van der Waals surface area contributed by atoms with Crippen LogP contribution in [0.15, 0.2) is 72.8 Å². The van der Waals surface area contributed by atoms with Gasteiger partial charge in [-0.15, -0.1) is 0 Å². The summed E-state index contributed by atoms with van der Waals surface area (Å²) in [6.07, 6.45) is -4.57. The molecule has 0 bridgehead atoms. The van der Waals surface area contributed by atoms with Crippen molar-refractivity contribution in [1.29, 1.82) is 0 Å². The number of carbonyl (C=O) groups is 2. The van der Waals surface area contributed by atoms with E-state index in [1.165, 1.54) is 12.1 Å². The molecule has 4 nitrogen and oxygen atoms in total. The SMILES string of the molecule is O=C1CCc2cc(-c3ccc(C(F)(F)F)cc3)ccc2N1C(=O)OCc1ccccc1. The van der Waals surface area contributed by atoms with Gasteiger partial charge in [0.05, 0.1) is 11.3 Å². The molecule has 7 heteroatoms. The van der Waals surface area contributed by atoms with E-state index >= 15 is 0 Å². The largest absolute Gasteiger partial charge is 0.444 e. The van der Waals surface area contributed by atoms with E-state index in [2.05, 4.69) is 0 Å². The van der Waals surface area contributed by atoms with Crippen LogP contribution < -0.4 is 4.90 Å². The van der Waals surface area contributed by atoms with Crippen molar-refractivity contribution in [2.24, 2.45) is 0 Å². The molecule has 0 unspecified atom stereocenters. The van der Waals surface area contributed by atoms with Crippen LogP contribution >= 0.6 is 0 Å². The van der Waals surface area contributed by atoms with Crippen LogP contribution in [0, 0.1) is 0 Å². The Labute approximate surface area is 176 Å². The molecule has 4 rings (SSSR count). The molecule has 0 spiro atoms. The van der Waals surface area contributed by atoms with Crippen LogP contribution in [-0.2, 0) is 28.7 Å². The molecule has 1 aliphatic rings. The first kappa shape index (κ1) is 20.7. The van der Waals surface area contributed by atoms with E-state index in [0.717, 1.165) is 28.2 Å². The minimum atomic E-state index is -4.39. The number of anilines is 1. The highest BCUT2D eigenvalue weighted by Crippen LogP contribution is 2.34. The summed E-state index contributed by atoms with van der Waals surface area (Å²) in [6.45, 7) is 0.0441. The van der Waals surface area contributed by atoms with Crippen molar-refractivity contribution in [3.05, 3.63) is 89.5 Å². The minimum Gasteiger partial charge on any atom is -0.444 e. The zero-order valence-electron chi connectivity index (χ0n) is 16.4. The quantitative estimate of drug-likeness (QED) is 0.518. The fourth-order valence-corrected chi connectivity index (χ4v) is 3.51. The zero-order chi connectivity index (χ0) is 22.0. The summed E-state index contributed by atoms with van der Waals surface area (Å²) in [5.74, 6) is -0.354. The van der Waals surface area contributed by atoms with Crippen molar-refractivity contribution in [3.8, 4) is 11.1 Å². The summed E-state index contributed by atoms with van der Waals surface area (Å²) in [6, 6.07) is 19.1. The van der Waals surface area contributed by atoms with Crippen LogP contribution in [0.1, 0.15) is 23.1 Å². The molecule has 1 aliphatic heterocycles. The van der Waals surface area contributed by atoms with E-state index in [-0.39, 0.29) is 18.9 Å². The van der Waals surface area contributed by atoms with Gasteiger partial charge in [-0.2, -0.15) is 13.2 Å². The lowest BCUT2D eigenvalue weighted by atomic mass is 9.95. The number of carbonyl (C=O) groups excluding carboxylic acids is 2. The van der Waals surface area contributed by atoms with E-state index in [4.69, 9.17) is 4.74 Å². The Hall–Kier alpha value is -3.61. The molecular weight excluding hydrogens is 407 g/mol. The summed E-state index contributed by atoms with van der Waals surface area (Å²) in [4.78, 5) is 26.0. The Morgan fingerprint density at radius 3 is 2.26 bits per heavy atom. The van der Waals surface area contributed by atoms with Gasteiger partial charge in [-0.05, 0) is 52.9 Å². The second kappa shape index (κ2) is 8.26. The smallest absolute Gasteiger partial charge is 0.421 e. The predicted octanol–water partition coefficient (Wildman–Crippen LogP) is 5.99. The Bertz CT molecular complexity index is 1110. The standard InChI is InChI=1S/C24H18F3NO3/c25-24(26,27)20-10-6-17(7-11-20)18-8-12-21-19(14-18)9-13-22(29)28(21)23(30)31-15-16-4-2-1-3-5-16/h1-8,10-12,14H,9,13,15H2. The molecule has 3 aromatic rings. The van der Waals surface area contributed by atoms with Gasteiger partial charge in [0.2, 0.25) is 5.91 Å². The molecular formula is C24H18F3NO3. The van der Waals surface area contributed by atoms with E-state index in [9.17, 15) is 22.8 Å². The number of fused-ring (bicyclic) bond motifs is 1. The van der Waals surface area contributed by atoms with Crippen molar-refractivity contribution in [2.75, 3.05) is 4.90 Å². The van der Waals surface area contributed by atoms with Crippen molar-refractivity contribution in [2.45, 2.75) is 25.6 Å². The lowest BCUT2D eigenvalue weighted by Crippen LogP contribution is -2.40. The molecule has 0 atom stereocenters. The number of ether oxygens (including phenoxy) is 1. The van der Waals surface area contributed by atoms with E-state index in [1.54, 1.807) is 18.2 Å². The van der Waals surface area contributed by atoms with Gasteiger partial charge >= 0.3 is 12.3 Å². The second-order valence-electron chi connectivity index (χ2n) is 7.19. The van der Waals surface area contributed by atoms with Gasteiger partial charge in [0, 0.05) is 6.42 Å². The Morgan fingerprint density at radius 2 is 1.58 bits per heavy atom. The molecule has 0 saturated heterocycles. The predicted molar refractivity (Wildman–Crippen MR) is 109 cm³/mol. The Morgan fingerprint density at radius 1 is 0.903 bits per heavy atom. The molecule has 0 radical (unpaired) electrons. The average Bonchev–Trinajstić information content (AvgIpc) is 2.77. The third-order valence-electron chi connectivity index (χ3n) is 5.11. The lowest BCUT2D eigenvalue weighted by molar-refractivity contribution is -0.137. The van der Waals surface area contributed by atoms with Gasteiger partial charge in [0.15, 0.2) is 0 Å². The highest BCUT2D eigenvalue weighted by atomic mass is 19.4. The molecule has 0 aromatic heterocycles. The van der Waals surface area contributed by atoms with Crippen molar-refractivity contribution >= 4 is 17.7 Å². The molecule has 158 valence electrons. The molecule has 0 aliphatic carbocycles. The van der Waals surface area contributed by atoms with Crippen molar-refractivity contribution in [3.63, 3.8) is 0 Å².